The van der Waals surface area contributed by atoms with Crippen molar-refractivity contribution in [1.29, 1.82) is 5.26 Å². The molecular weight excluding hydrogens is 436 g/mol. The molecule has 1 aromatic heterocycles. The zero-order chi connectivity index (χ0) is 24.4. The Balaban J connectivity index is 1.39. The Morgan fingerprint density at radius 3 is 1.92 bits per heavy atom. The minimum absolute atomic E-state index is 0.155. The van der Waals surface area contributed by atoms with E-state index in [0.29, 0.717) is 5.56 Å². The van der Waals surface area contributed by atoms with Crippen molar-refractivity contribution in [3.05, 3.63) is 126 Å². The second-order valence-electron chi connectivity index (χ2n) is 10.2. The van der Waals surface area contributed by atoms with Gasteiger partial charge in [0, 0.05) is 21.9 Å². The SMILES string of the molecule is CC1(C)c2cc(C#N)ccc2-c2ccc(-c3cccc(-n4c5ccccc5c5ccccc54)c3)cc21. The molecule has 0 atom stereocenters. The van der Waals surface area contributed by atoms with Crippen LogP contribution in [0.2, 0.25) is 0 Å². The number of rotatable bonds is 2. The Morgan fingerprint density at radius 1 is 0.611 bits per heavy atom. The lowest BCUT2D eigenvalue weighted by molar-refractivity contribution is 0.660. The molecule has 1 aliphatic rings. The Kier molecular flexibility index (Phi) is 4.29. The van der Waals surface area contributed by atoms with Crippen molar-refractivity contribution in [1.82, 2.24) is 4.57 Å². The first-order valence-electron chi connectivity index (χ1n) is 12.3. The number of hydrogen-bond donors (Lipinski definition) is 0. The van der Waals surface area contributed by atoms with Gasteiger partial charge in [0.2, 0.25) is 0 Å². The summed E-state index contributed by atoms with van der Waals surface area (Å²) in [5, 5.41) is 12.0. The number of para-hydroxylation sites is 2. The van der Waals surface area contributed by atoms with Crippen molar-refractivity contribution in [2.75, 3.05) is 0 Å². The highest BCUT2D eigenvalue weighted by atomic mass is 15.0. The minimum atomic E-state index is -0.155. The van der Waals surface area contributed by atoms with E-state index in [2.05, 4.69) is 128 Å². The lowest BCUT2D eigenvalue weighted by Crippen LogP contribution is -2.15. The Morgan fingerprint density at radius 2 is 1.22 bits per heavy atom. The van der Waals surface area contributed by atoms with E-state index in [1.165, 1.54) is 55.2 Å². The monoisotopic (exact) mass is 460 g/mol. The van der Waals surface area contributed by atoms with Crippen molar-refractivity contribution >= 4 is 21.8 Å². The Labute approximate surface area is 210 Å². The molecule has 0 fully saturated rings. The summed E-state index contributed by atoms with van der Waals surface area (Å²) in [5.41, 5.74) is 11.6. The average molecular weight is 461 g/mol. The molecule has 2 heteroatoms. The first kappa shape index (κ1) is 20.7. The quantitative estimate of drug-likeness (QED) is 0.254. The van der Waals surface area contributed by atoms with Gasteiger partial charge in [-0.15, -0.1) is 0 Å². The summed E-state index contributed by atoms with van der Waals surface area (Å²) in [6, 6.07) is 41.3. The molecule has 0 N–H and O–H groups in total. The molecule has 0 radical (unpaired) electrons. The summed E-state index contributed by atoms with van der Waals surface area (Å²) < 4.78 is 2.37. The van der Waals surface area contributed by atoms with Crippen molar-refractivity contribution in [3.8, 4) is 34.0 Å². The lowest BCUT2D eigenvalue weighted by Gasteiger charge is -2.22. The summed E-state index contributed by atoms with van der Waals surface area (Å²) in [6.07, 6.45) is 0. The van der Waals surface area contributed by atoms with Crippen molar-refractivity contribution in [2.45, 2.75) is 19.3 Å². The molecule has 0 saturated heterocycles. The van der Waals surface area contributed by atoms with Gasteiger partial charge in [0.05, 0.1) is 22.7 Å². The summed E-state index contributed by atoms with van der Waals surface area (Å²) in [7, 11) is 0. The highest BCUT2D eigenvalue weighted by Crippen LogP contribution is 2.50. The number of fused-ring (bicyclic) bond motifs is 6. The van der Waals surface area contributed by atoms with Gasteiger partial charge in [-0.05, 0) is 75.8 Å². The van der Waals surface area contributed by atoms with Gasteiger partial charge in [0.25, 0.3) is 0 Å². The molecule has 5 aromatic carbocycles. The van der Waals surface area contributed by atoms with Gasteiger partial charge in [-0.3, -0.25) is 0 Å². The molecule has 170 valence electrons. The fraction of sp³-hybridized carbons (Fsp3) is 0.0882. The third-order valence-corrected chi connectivity index (χ3v) is 7.82. The van der Waals surface area contributed by atoms with Crippen LogP contribution < -0.4 is 0 Å². The van der Waals surface area contributed by atoms with Crippen molar-refractivity contribution in [3.63, 3.8) is 0 Å². The zero-order valence-corrected chi connectivity index (χ0v) is 20.3. The van der Waals surface area contributed by atoms with Crippen LogP contribution in [0.5, 0.6) is 0 Å². The van der Waals surface area contributed by atoms with Crippen LogP contribution in [-0.2, 0) is 5.41 Å². The summed E-state index contributed by atoms with van der Waals surface area (Å²) in [6.45, 7) is 4.52. The smallest absolute Gasteiger partial charge is 0.0991 e. The predicted octanol–water partition coefficient (Wildman–Crippen LogP) is 8.63. The van der Waals surface area contributed by atoms with Crippen molar-refractivity contribution < 1.29 is 0 Å². The normalized spacial score (nSPS) is 13.5. The van der Waals surface area contributed by atoms with Gasteiger partial charge in [-0.25, -0.2) is 0 Å². The molecule has 6 aromatic rings. The minimum Gasteiger partial charge on any atom is -0.309 e. The van der Waals surface area contributed by atoms with Crippen LogP contribution in [0.3, 0.4) is 0 Å². The van der Waals surface area contributed by atoms with Gasteiger partial charge in [0.1, 0.15) is 0 Å². The van der Waals surface area contributed by atoms with Gasteiger partial charge in [-0.1, -0.05) is 80.6 Å². The van der Waals surface area contributed by atoms with Crippen molar-refractivity contribution in [2.24, 2.45) is 0 Å². The topological polar surface area (TPSA) is 28.7 Å². The van der Waals surface area contributed by atoms with Crippen LogP contribution >= 0.6 is 0 Å². The number of aromatic nitrogens is 1. The molecule has 0 spiro atoms. The highest BCUT2D eigenvalue weighted by Gasteiger charge is 2.35. The number of nitrogens with zero attached hydrogens (tertiary/aromatic N) is 2. The molecule has 0 bridgehead atoms. The first-order chi connectivity index (χ1) is 17.6. The van der Waals surface area contributed by atoms with Crippen LogP contribution in [0.4, 0.5) is 0 Å². The molecule has 0 amide bonds. The number of nitriles is 1. The number of hydrogen-bond acceptors (Lipinski definition) is 1. The van der Waals surface area contributed by atoms with E-state index in [4.69, 9.17) is 0 Å². The molecule has 1 aliphatic carbocycles. The number of benzene rings is 5. The maximum absolute atomic E-state index is 9.43. The van der Waals surface area contributed by atoms with Gasteiger partial charge < -0.3 is 4.57 Å². The van der Waals surface area contributed by atoms with Crippen LogP contribution in [0.15, 0.2) is 109 Å². The van der Waals surface area contributed by atoms with Crippen LogP contribution in [0, 0.1) is 11.3 Å². The van der Waals surface area contributed by atoms with E-state index < -0.39 is 0 Å². The van der Waals surface area contributed by atoms with Gasteiger partial charge in [-0.2, -0.15) is 5.26 Å². The second kappa shape index (κ2) is 7.44. The molecule has 0 saturated carbocycles. The predicted molar refractivity (Wildman–Crippen MR) is 148 cm³/mol. The average Bonchev–Trinajstić information content (AvgIpc) is 3.37. The standard InChI is InChI=1S/C34H24N2/c1-34(2)30-18-22(21-35)14-16-26(30)27-17-15-24(20-31(27)34)23-8-7-9-25(19-23)36-32-12-5-3-10-28(32)29-11-4-6-13-33(29)36/h3-20H,1-2H3. The van der Waals surface area contributed by atoms with E-state index in [1.807, 2.05) is 6.07 Å². The van der Waals surface area contributed by atoms with Crippen LogP contribution in [-0.4, -0.2) is 4.57 Å². The van der Waals surface area contributed by atoms with Gasteiger partial charge in [0.15, 0.2) is 0 Å². The zero-order valence-electron chi connectivity index (χ0n) is 20.3. The Bertz CT molecular complexity index is 1820. The van der Waals surface area contributed by atoms with E-state index in [0.717, 1.165) is 5.69 Å². The van der Waals surface area contributed by atoms with E-state index in [9.17, 15) is 5.26 Å². The largest absolute Gasteiger partial charge is 0.309 e. The van der Waals surface area contributed by atoms with E-state index >= 15 is 0 Å². The summed E-state index contributed by atoms with van der Waals surface area (Å²) in [5.74, 6) is 0. The molecule has 7 rings (SSSR count). The summed E-state index contributed by atoms with van der Waals surface area (Å²) >= 11 is 0. The Hall–Kier alpha value is -4.61. The van der Waals surface area contributed by atoms with E-state index in [1.54, 1.807) is 0 Å². The molecule has 0 unspecified atom stereocenters. The van der Waals surface area contributed by atoms with Gasteiger partial charge >= 0.3 is 0 Å². The van der Waals surface area contributed by atoms with Crippen LogP contribution in [0.25, 0.3) is 49.7 Å². The molecular formula is C34H24N2. The molecule has 1 heterocycles. The fourth-order valence-electron chi connectivity index (χ4n) is 6.01. The maximum atomic E-state index is 9.43. The first-order valence-corrected chi connectivity index (χ1v) is 12.3. The fourth-order valence-corrected chi connectivity index (χ4v) is 6.01. The maximum Gasteiger partial charge on any atom is 0.0991 e. The second-order valence-corrected chi connectivity index (χ2v) is 10.2. The third kappa shape index (κ3) is 2.84. The summed E-state index contributed by atoms with van der Waals surface area (Å²) in [4.78, 5) is 0. The lowest BCUT2D eigenvalue weighted by atomic mass is 9.81. The molecule has 0 aliphatic heterocycles. The third-order valence-electron chi connectivity index (χ3n) is 7.82. The highest BCUT2D eigenvalue weighted by molar-refractivity contribution is 6.09. The molecule has 36 heavy (non-hydrogen) atoms. The molecule has 2 nitrogen and oxygen atoms in total. The van der Waals surface area contributed by atoms with Crippen LogP contribution in [0.1, 0.15) is 30.5 Å². The van der Waals surface area contributed by atoms with E-state index in [-0.39, 0.29) is 5.41 Å².